The topological polar surface area (TPSA) is 135 Å². The summed E-state index contributed by atoms with van der Waals surface area (Å²) in [5, 5.41) is 0. The predicted molar refractivity (Wildman–Crippen MR) is 110 cm³/mol. The SMILES string of the molecule is O=C1c2nc3ccccc3nc2C(=O)N1c1ccc(S(=O)(=O)Nc2ncccn2)cc1. The van der Waals surface area contributed by atoms with E-state index in [-0.39, 0.29) is 27.9 Å². The Kier molecular flexibility index (Phi) is 4.19. The smallest absolute Gasteiger partial charge is 0.266 e. The normalized spacial score (nSPS) is 13.5. The summed E-state index contributed by atoms with van der Waals surface area (Å²) in [5.74, 6) is -1.31. The van der Waals surface area contributed by atoms with Gasteiger partial charge in [-0.05, 0) is 42.5 Å². The summed E-state index contributed by atoms with van der Waals surface area (Å²) in [6.45, 7) is 0. The molecule has 2 aromatic carbocycles. The van der Waals surface area contributed by atoms with E-state index in [0.717, 1.165) is 4.90 Å². The predicted octanol–water partition coefficient (Wildman–Crippen LogP) is 2.02. The maximum Gasteiger partial charge on any atom is 0.286 e. The highest BCUT2D eigenvalue weighted by Gasteiger charge is 2.40. The number of nitrogens with one attached hydrogen (secondary N) is 1. The number of anilines is 2. The van der Waals surface area contributed by atoms with E-state index in [0.29, 0.717) is 11.0 Å². The second kappa shape index (κ2) is 6.92. The van der Waals surface area contributed by atoms with Gasteiger partial charge in [-0.15, -0.1) is 0 Å². The number of para-hydroxylation sites is 2. The molecule has 1 aliphatic heterocycles. The number of sulfonamides is 1. The maximum atomic E-state index is 12.8. The van der Waals surface area contributed by atoms with Crippen LogP contribution in [0.25, 0.3) is 11.0 Å². The lowest BCUT2D eigenvalue weighted by molar-refractivity contribution is 0.0923. The van der Waals surface area contributed by atoms with Gasteiger partial charge >= 0.3 is 0 Å². The van der Waals surface area contributed by atoms with Gasteiger partial charge in [-0.3, -0.25) is 9.59 Å². The van der Waals surface area contributed by atoms with Gasteiger partial charge in [-0.1, -0.05) is 12.1 Å². The Bertz CT molecular complexity index is 1400. The number of aromatic nitrogens is 4. The molecule has 0 saturated carbocycles. The lowest BCUT2D eigenvalue weighted by atomic mass is 10.2. The average Bonchev–Trinajstić information content (AvgIpc) is 3.02. The Balaban J connectivity index is 1.46. The van der Waals surface area contributed by atoms with Crippen LogP contribution in [0.2, 0.25) is 0 Å². The van der Waals surface area contributed by atoms with Crippen molar-refractivity contribution in [3.63, 3.8) is 0 Å². The minimum atomic E-state index is -3.95. The maximum absolute atomic E-state index is 12.8. The standard InChI is InChI=1S/C20H12N6O4S/c27-18-16-17(24-15-5-2-1-4-14(15)23-16)19(28)26(18)12-6-8-13(9-7-12)31(29,30)25-20-21-10-3-11-22-20/h1-11H,(H,21,22,25). The van der Waals surface area contributed by atoms with Crippen molar-refractivity contribution >= 4 is 44.5 Å². The fourth-order valence-electron chi connectivity index (χ4n) is 3.14. The molecule has 0 aliphatic carbocycles. The summed E-state index contributed by atoms with van der Waals surface area (Å²) < 4.78 is 27.3. The van der Waals surface area contributed by atoms with Crippen molar-refractivity contribution in [2.24, 2.45) is 0 Å². The Morgan fingerprint density at radius 1 is 0.742 bits per heavy atom. The number of nitrogens with zero attached hydrogens (tertiary/aromatic N) is 5. The number of hydrogen-bond donors (Lipinski definition) is 1. The lowest BCUT2D eigenvalue weighted by Crippen LogP contribution is -2.29. The van der Waals surface area contributed by atoms with Gasteiger partial charge in [0.25, 0.3) is 21.8 Å². The van der Waals surface area contributed by atoms with Crippen molar-refractivity contribution in [2.45, 2.75) is 4.90 Å². The van der Waals surface area contributed by atoms with Gasteiger partial charge in [0, 0.05) is 12.4 Å². The highest BCUT2D eigenvalue weighted by Crippen LogP contribution is 2.28. The molecule has 0 unspecified atom stereocenters. The Morgan fingerprint density at radius 3 is 1.84 bits per heavy atom. The third-order valence-electron chi connectivity index (χ3n) is 4.58. The fraction of sp³-hybridized carbons (Fsp3) is 0. The molecule has 0 spiro atoms. The van der Waals surface area contributed by atoms with E-state index in [1.165, 1.54) is 36.7 Å². The van der Waals surface area contributed by atoms with Gasteiger partial charge in [0.2, 0.25) is 5.95 Å². The lowest BCUT2D eigenvalue weighted by Gasteiger charge is -2.14. The summed E-state index contributed by atoms with van der Waals surface area (Å²) >= 11 is 0. The number of carbonyl (C=O) groups is 2. The van der Waals surface area contributed by atoms with E-state index in [2.05, 4.69) is 24.7 Å². The number of amides is 2. The molecule has 0 saturated heterocycles. The zero-order valence-electron chi connectivity index (χ0n) is 15.6. The molecule has 11 heteroatoms. The van der Waals surface area contributed by atoms with Crippen LogP contribution in [-0.2, 0) is 10.0 Å². The van der Waals surface area contributed by atoms with Crippen molar-refractivity contribution in [3.05, 3.63) is 78.4 Å². The van der Waals surface area contributed by atoms with Crippen molar-refractivity contribution in [2.75, 3.05) is 9.62 Å². The molecule has 152 valence electrons. The van der Waals surface area contributed by atoms with Crippen molar-refractivity contribution < 1.29 is 18.0 Å². The van der Waals surface area contributed by atoms with Crippen molar-refractivity contribution in [3.8, 4) is 0 Å². The summed E-state index contributed by atoms with van der Waals surface area (Å²) in [6.07, 6.45) is 2.81. The molecule has 0 radical (unpaired) electrons. The highest BCUT2D eigenvalue weighted by atomic mass is 32.2. The fourth-order valence-corrected chi connectivity index (χ4v) is 4.10. The van der Waals surface area contributed by atoms with Crippen LogP contribution in [0.15, 0.2) is 71.9 Å². The molecule has 5 rings (SSSR count). The van der Waals surface area contributed by atoms with Gasteiger partial charge in [0.1, 0.15) is 0 Å². The van der Waals surface area contributed by atoms with Crippen LogP contribution in [0.4, 0.5) is 11.6 Å². The van der Waals surface area contributed by atoms with Crippen LogP contribution in [0.3, 0.4) is 0 Å². The van der Waals surface area contributed by atoms with Gasteiger partial charge < -0.3 is 0 Å². The zero-order chi connectivity index (χ0) is 21.6. The van der Waals surface area contributed by atoms with E-state index in [1.807, 2.05) is 0 Å². The summed E-state index contributed by atoms with van der Waals surface area (Å²) in [7, 11) is -3.95. The molecule has 0 bridgehead atoms. The highest BCUT2D eigenvalue weighted by molar-refractivity contribution is 7.92. The van der Waals surface area contributed by atoms with Crippen LogP contribution >= 0.6 is 0 Å². The third kappa shape index (κ3) is 3.16. The third-order valence-corrected chi connectivity index (χ3v) is 5.92. The van der Waals surface area contributed by atoms with E-state index in [1.54, 1.807) is 30.3 Å². The number of fused-ring (bicyclic) bond motifs is 2. The number of rotatable bonds is 4. The Morgan fingerprint density at radius 2 is 1.29 bits per heavy atom. The van der Waals surface area contributed by atoms with Gasteiger partial charge in [0.05, 0.1) is 21.6 Å². The van der Waals surface area contributed by atoms with E-state index in [9.17, 15) is 18.0 Å². The molecule has 3 heterocycles. The second-order valence-corrected chi connectivity index (χ2v) is 8.21. The summed E-state index contributed by atoms with van der Waals surface area (Å²) in [4.78, 5) is 42.7. The van der Waals surface area contributed by atoms with Crippen LogP contribution in [-0.4, -0.2) is 40.2 Å². The van der Waals surface area contributed by atoms with Crippen molar-refractivity contribution in [1.29, 1.82) is 0 Å². The first-order valence-corrected chi connectivity index (χ1v) is 10.5. The molecule has 1 aliphatic rings. The second-order valence-electron chi connectivity index (χ2n) is 6.53. The molecule has 0 atom stereocenters. The number of hydrogen-bond acceptors (Lipinski definition) is 8. The first kappa shape index (κ1) is 18.8. The van der Waals surface area contributed by atoms with Crippen LogP contribution < -0.4 is 9.62 Å². The molecule has 31 heavy (non-hydrogen) atoms. The largest absolute Gasteiger partial charge is 0.286 e. The number of carbonyl (C=O) groups excluding carboxylic acids is 2. The molecule has 2 amide bonds. The molecule has 1 N–H and O–H groups in total. The Hall–Kier alpha value is -4.25. The van der Waals surface area contributed by atoms with Crippen molar-refractivity contribution in [1.82, 2.24) is 19.9 Å². The zero-order valence-corrected chi connectivity index (χ0v) is 16.4. The first-order valence-electron chi connectivity index (χ1n) is 8.99. The van der Waals surface area contributed by atoms with Gasteiger partial charge in [-0.25, -0.2) is 38.0 Å². The van der Waals surface area contributed by atoms with E-state index < -0.39 is 21.8 Å². The van der Waals surface area contributed by atoms with Crippen LogP contribution in [0.5, 0.6) is 0 Å². The quantitative estimate of drug-likeness (QED) is 0.484. The first-order chi connectivity index (χ1) is 14.9. The minimum Gasteiger partial charge on any atom is -0.266 e. The molecule has 0 fully saturated rings. The van der Waals surface area contributed by atoms with E-state index in [4.69, 9.17) is 0 Å². The molecule has 4 aromatic rings. The molecular weight excluding hydrogens is 420 g/mol. The monoisotopic (exact) mass is 432 g/mol. The van der Waals surface area contributed by atoms with Gasteiger partial charge in [-0.2, -0.15) is 0 Å². The van der Waals surface area contributed by atoms with Gasteiger partial charge in [0.15, 0.2) is 11.4 Å². The van der Waals surface area contributed by atoms with E-state index >= 15 is 0 Å². The average molecular weight is 432 g/mol. The minimum absolute atomic E-state index is 0.0386. The van der Waals surface area contributed by atoms with Crippen LogP contribution in [0, 0.1) is 0 Å². The van der Waals surface area contributed by atoms with Crippen LogP contribution in [0.1, 0.15) is 21.0 Å². The Labute approximate surface area is 175 Å². The molecule has 10 nitrogen and oxygen atoms in total. The number of benzene rings is 2. The summed E-state index contributed by atoms with van der Waals surface area (Å²) in [6, 6.07) is 13.8. The number of imide groups is 1. The summed E-state index contributed by atoms with van der Waals surface area (Å²) in [5.41, 5.74) is 1.13. The molecule has 2 aromatic heterocycles. The molecular formula is C20H12N6O4S.